The molecule has 0 spiro atoms. The molecule has 4 rings (SSSR count). The van der Waals surface area contributed by atoms with Crippen molar-refractivity contribution in [2.45, 2.75) is 45.6 Å². The number of nitrogens with one attached hydrogen (secondary N) is 2. The lowest BCUT2D eigenvalue weighted by molar-refractivity contribution is -0.116. The molecule has 0 fully saturated rings. The van der Waals surface area contributed by atoms with Crippen molar-refractivity contribution in [1.29, 1.82) is 5.26 Å². The topological polar surface area (TPSA) is 107 Å². The second-order valence-corrected chi connectivity index (χ2v) is 10.0. The van der Waals surface area contributed by atoms with Crippen molar-refractivity contribution in [1.82, 2.24) is 15.2 Å². The predicted molar refractivity (Wildman–Crippen MR) is 144 cm³/mol. The molecule has 9 heteroatoms. The van der Waals surface area contributed by atoms with Gasteiger partial charge in [0.05, 0.1) is 18.7 Å². The molecule has 192 valence electrons. The number of amides is 3. The second-order valence-electron chi connectivity index (χ2n) is 8.92. The van der Waals surface area contributed by atoms with Gasteiger partial charge in [0.2, 0.25) is 5.91 Å². The summed E-state index contributed by atoms with van der Waals surface area (Å²) in [6.45, 7) is 5.92. The highest BCUT2D eigenvalue weighted by atomic mass is 32.1. The third kappa shape index (κ3) is 6.46. The van der Waals surface area contributed by atoms with Gasteiger partial charge in [0.15, 0.2) is 0 Å². The number of pyridine rings is 1. The Morgan fingerprint density at radius 1 is 1.24 bits per heavy atom. The van der Waals surface area contributed by atoms with Gasteiger partial charge in [0, 0.05) is 42.7 Å². The molecule has 2 aromatic heterocycles. The zero-order chi connectivity index (χ0) is 26.2. The fourth-order valence-electron chi connectivity index (χ4n) is 4.48. The number of ether oxygens (including phenoxy) is 1. The van der Waals surface area contributed by atoms with E-state index in [0.29, 0.717) is 49.6 Å². The molecular weight excluding hydrogens is 486 g/mol. The first-order valence-electron chi connectivity index (χ1n) is 12.5. The lowest BCUT2D eigenvalue weighted by atomic mass is 9.96. The SMILES string of the molecule is CCOc1ccccc1[C@H](C)CC(=O)Nc1sc2c(c1C#N)CCN(C(=O)NCCc1ccccn1)C2. The Balaban J connectivity index is 1.36. The monoisotopic (exact) mass is 517 g/mol. The zero-order valence-corrected chi connectivity index (χ0v) is 21.9. The smallest absolute Gasteiger partial charge is 0.317 e. The van der Waals surface area contributed by atoms with Gasteiger partial charge < -0.3 is 20.3 Å². The van der Waals surface area contributed by atoms with Crippen LogP contribution < -0.4 is 15.4 Å². The summed E-state index contributed by atoms with van der Waals surface area (Å²) in [6, 6.07) is 15.6. The average Bonchev–Trinajstić information content (AvgIpc) is 3.25. The van der Waals surface area contributed by atoms with Crippen LogP contribution in [-0.2, 0) is 24.2 Å². The Labute approximate surface area is 221 Å². The first-order chi connectivity index (χ1) is 18.0. The molecule has 1 atom stereocenters. The number of aromatic nitrogens is 1. The second kappa shape index (κ2) is 12.4. The number of benzene rings is 1. The van der Waals surface area contributed by atoms with Crippen molar-refractivity contribution < 1.29 is 14.3 Å². The lowest BCUT2D eigenvalue weighted by Crippen LogP contribution is -2.43. The van der Waals surface area contributed by atoms with Crippen molar-refractivity contribution in [3.8, 4) is 11.8 Å². The molecule has 3 amide bonds. The highest BCUT2D eigenvalue weighted by Gasteiger charge is 2.28. The molecule has 1 aliphatic rings. The highest BCUT2D eigenvalue weighted by Crippen LogP contribution is 2.37. The molecule has 37 heavy (non-hydrogen) atoms. The van der Waals surface area contributed by atoms with Crippen molar-refractivity contribution in [2.24, 2.45) is 0 Å². The predicted octanol–water partition coefficient (Wildman–Crippen LogP) is 4.86. The summed E-state index contributed by atoms with van der Waals surface area (Å²) >= 11 is 1.38. The van der Waals surface area contributed by atoms with Gasteiger partial charge in [-0.1, -0.05) is 31.2 Å². The summed E-state index contributed by atoms with van der Waals surface area (Å²) < 4.78 is 5.71. The van der Waals surface area contributed by atoms with Crippen LogP contribution >= 0.6 is 11.3 Å². The van der Waals surface area contributed by atoms with Crippen LogP contribution in [0.2, 0.25) is 0 Å². The van der Waals surface area contributed by atoms with Crippen molar-refractivity contribution in [2.75, 3.05) is 25.0 Å². The summed E-state index contributed by atoms with van der Waals surface area (Å²) in [7, 11) is 0. The van der Waals surface area contributed by atoms with E-state index in [0.717, 1.165) is 27.4 Å². The molecular formula is C28H31N5O3S. The number of carbonyl (C=O) groups excluding carboxylic acids is 2. The quantitative estimate of drug-likeness (QED) is 0.422. The third-order valence-electron chi connectivity index (χ3n) is 6.33. The van der Waals surface area contributed by atoms with E-state index >= 15 is 0 Å². The summed E-state index contributed by atoms with van der Waals surface area (Å²) in [5.41, 5.74) is 3.34. The average molecular weight is 518 g/mol. The normalized spacial score (nSPS) is 13.3. The van der Waals surface area contributed by atoms with Gasteiger partial charge >= 0.3 is 6.03 Å². The van der Waals surface area contributed by atoms with Gasteiger partial charge in [0.1, 0.15) is 16.8 Å². The standard InChI is InChI=1S/C28H31N5O3S/c1-3-36-24-10-5-4-9-21(24)19(2)16-26(34)32-27-23(17-29)22-12-15-33(18-25(22)37-27)28(35)31-14-11-20-8-6-7-13-30-20/h4-10,13,19H,3,11-12,14-16,18H2,1-2H3,(H,31,35)(H,32,34)/t19-/m1/s1. The van der Waals surface area contributed by atoms with Crippen LogP contribution in [0.15, 0.2) is 48.7 Å². The van der Waals surface area contributed by atoms with E-state index < -0.39 is 0 Å². The number of hydrogen-bond donors (Lipinski definition) is 2. The minimum atomic E-state index is -0.155. The Kier molecular flexibility index (Phi) is 8.75. The maximum atomic E-state index is 12.9. The number of nitrogens with zero attached hydrogens (tertiary/aromatic N) is 3. The summed E-state index contributed by atoms with van der Waals surface area (Å²) in [4.78, 5) is 32.6. The molecule has 0 aliphatic carbocycles. The summed E-state index contributed by atoms with van der Waals surface area (Å²) in [5, 5.41) is 16.3. The molecule has 0 saturated heterocycles. The van der Waals surface area contributed by atoms with E-state index in [1.54, 1.807) is 11.1 Å². The Bertz CT molecular complexity index is 1280. The number of thiophene rings is 1. The van der Waals surface area contributed by atoms with Gasteiger partial charge in [-0.2, -0.15) is 5.26 Å². The van der Waals surface area contributed by atoms with Gasteiger partial charge in [-0.15, -0.1) is 11.3 Å². The third-order valence-corrected chi connectivity index (χ3v) is 7.47. The molecule has 0 bridgehead atoms. The number of para-hydroxylation sites is 1. The van der Waals surface area contributed by atoms with E-state index in [4.69, 9.17) is 4.74 Å². The van der Waals surface area contributed by atoms with Crippen LogP contribution in [0.1, 0.15) is 53.4 Å². The molecule has 0 radical (unpaired) electrons. The highest BCUT2D eigenvalue weighted by molar-refractivity contribution is 7.16. The van der Waals surface area contributed by atoms with Gasteiger partial charge in [-0.3, -0.25) is 9.78 Å². The first kappa shape index (κ1) is 26.2. The Hall–Kier alpha value is -3.90. The van der Waals surface area contributed by atoms with Crippen molar-refractivity contribution in [3.63, 3.8) is 0 Å². The molecule has 2 N–H and O–H groups in total. The van der Waals surface area contributed by atoms with Gasteiger partial charge in [-0.25, -0.2) is 4.79 Å². The minimum absolute atomic E-state index is 0.0480. The minimum Gasteiger partial charge on any atom is -0.494 e. The molecule has 1 aliphatic heterocycles. The lowest BCUT2D eigenvalue weighted by Gasteiger charge is -2.27. The molecule has 3 aromatic rings. The zero-order valence-electron chi connectivity index (χ0n) is 21.1. The van der Waals surface area contributed by atoms with E-state index in [9.17, 15) is 14.9 Å². The summed E-state index contributed by atoms with van der Waals surface area (Å²) in [5.74, 6) is 0.583. The number of carbonyl (C=O) groups is 2. The molecule has 1 aromatic carbocycles. The van der Waals surface area contributed by atoms with E-state index in [1.165, 1.54) is 11.3 Å². The largest absolute Gasteiger partial charge is 0.494 e. The van der Waals surface area contributed by atoms with Crippen LogP contribution in [-0.4, -0.2) is 41.5 Å². The van der Waals surface area contributed by atoms with Crippen LogP contribution in [0.4, 0.5) is 9.80 Å². The van der Waals surface area contributed by atoms with E-state index in [1.807, 2.05) is 56.3 Å². The fraction of sp³-hybridized carbons (Fsp3) is 0.357. The first-order valence-corrected chi connectivity index (χ1v) is 13.3. The maximum absolute atomic E-state index is 12.9. The number of nitriles is 1. The fourth-order valence-corrected chi connectivity index (χ4v) is 5.71. The van der Waals surface area contributed by atoms with Crippen LogP contribution in [0.25, 0.3) is 0 Å². The van der Waals surface area contributed by atoms with Crippen LogP contribution in [0.5, 0.6) is 5.75 Å². The molecule has 0 unspecified atom stereocenters. The number of anilines is 1. The Morgan fingerprint density at radius 3 is 2.81 bits per heavy atom. The Morgan fingerprint density at radius 2 is 2.05 bits per heavy atom. The molecule has 8 nitrogen and oxygen atoms in total. The van der Waals surface area contributed by atoms with Gasteiger partial charge in [-0.05, 0) is 48.6 Å². The van der Waals surface area contributed by atoms with Crippen LogP contribution in [0, 0.1) is 11.3 Å². The summed E-state index contributed by atoms with van der Waals surface area (Å²) in [6.07, 6.45) is 3.25. The molecule has 3 heterocycles. The van der Waals surface area contributed by atoms with E-state index in [2.05, 4.69) is 21.7 Å². The molecule has 0 saturated carbocycles. The number of hydrogen-bond acceptors (Lipinski definition) is 6. The van der Waals surface area contributed by atoms with Crippen LogP contribution in [0.3, 0.4) is 0 Å². The number of fused-ring (bicyclic) bond motifs is 1. The van der Waals surface area contributed by atoms with Gasteiger partial charge in [0.25, 0.3) is 0 Å². The van der Waals surface area contributed by atoms with Crippen molar-refractivity contribution in [3.05, 3.63) is 75.9 Å². The van der Waals surface area contributed by atoms with Crippen molar-refractivity contribution >= 4 is 28.3 Å². The number of urea groups is 1. The maximum Gasteiger partial charge on any atom is 0.317 e. The number of rotatable bonds is 9. The van der Waals surface area contributed by atoms with E-state index in [-0.39, 0.29) is 24.3 Å².